The molecule has 0 unspecified atom stereocenters. The van der Waals surface area contributed by atoms with Crippen LogP contribution in [-0.2, 0) is 4.79 Å². The molecule has 0 saturated carbocycles. The van der Waals surface area contributed by atoms with Crippen LogP contribution in [0.2, 0.25) is 0 Å². The maximum atomic E-state index is 12.2. The summed E-state index contributed by atoms with van der Waals surface area (Å²) in [4.78, 5) is 11.9. The lowest BCUT2D eigenvalue weighted by Gasteiger charge is -2.10. The van der Waals surface area contributed by atoms with Crippen LogP contribution in [0.15, 0.2) is 54.6 Å². The highest BCUT2D eigenvalue weighted by Gasteiger charge is 2.28. The van der Waals surface area contributed by atoms with Crippen LogP contribution in [0.1, 0.15) is 5.56 Å². The van der Waals surface area contributed by atoms with Gasteiger partial charge in [-0.25, -0.2) is 0 Å². The van der Waals surface area contributed by atoms with Crippen LogP contribution in [0.3, 0.4) is 0 Å². The van der Waals surface area contributed by atoms with Crippen molar-refractivity contribution in [1.29, 1.82) is 5.26 Å². The first-order valence-corrected chi connectivity index (χ1v) is 7.74. The van der Waals surface area contributed by atoms with E-state index >= 15 is 0 Å². The minimum atomic E-state index is -4.43. The maximum absolute atomic E-state index is 12.2. The Morgan fingerprint density at radius 3 is 2.52 bits per heavy atom. The van der Waals surface area contributed by atoms with Crippen molar-refractivity contribution in [2.45, 2.75) is 6.18 Å². The fourth-order valence-electron chi connectivity index (χ4n) is 1.98. The zero-order valence-corrected chi connectivity index (χ0v) is 14.0. The zero-order valence-electron chi connectivity index (χ0n) is 14.0. The van der Waals surface area contributed by atoms with Gasteiger partial charge in [-0.15, -0.1) is 0 Å². The Labute approximate surface area is 153 Å². The van der Waals surface area contributed by atoms with E-state index in [1.807, 2.05) is 6.07 Å². The number of nitrogens with one attached hydrogen (secondary N) is 1. The van der Waals surface area contributed by atoms with Gasteiger partial charge < -0.3 is 14.8 Å². The second-order valence-electron chi connectivity index (χ2n) is 5.27. The lowest BCUT2D eigenvalue weighted by molar-refractivity contribution is -0.153. The second kappa shape index (κ2) is 9.29. The number of anilines is 1. The highest BCUT2D eigenvalue weighted by molar-refractivity contribution is 6.02. The molecule has 0 aliphatic heterocycles. The van der Waals surface area contributed by atoms with Crippen molar-refractivity contribution in [1.82, 2.24) is 0 Å². The minimum absolute atomic E-state index is 0.00191. The molecule has 0 atom stereocenters. The molecule has 0 bridgehead atoms. The number of carbonyl (C=O) groups excluding carboxylic acids is 1. The summed E-state index contributed by atoms with van der Waals surface area (Å²) in [5, 5.41) is 11.0. The zero-order chi connectivity index (χ0) is 19.7. The molecule has 0 saturated heterocycles. The fraction of sp³-hybridized carbons (Fsp3) is 0.158. The van der Waals surface area contributed by atoms with Crippen LogP contribution in [-0.4, -0.2) is 25.3 Å². The number of halogens is 3. The van der Waals surface area contributed by atoms with E-state index < -0.39 is 18.7 Å². The first-order valence-electron chi connectivity index (χ1n) is 7.74. The summed E-state index contributed by atoms with van der Waals surface area (Å²) in [6.07, 6.45) is -1.58. The normalized spacial score (nSPS) is 11.0. The third-order valence-corrected chi connectivity index (χ3v) is 3.11. The van der Waals surface area contributed by atoms with Crippen LogP contribution in [0.25, 0.3) is 6.08 Å². The summed E-state index contributed by atoms with van der Waals surface area (Å²) in [7, 11) is 0. The Balaban J connectivity index is 1.91. The van der Waals surface area contributed by atoms with E-state index in [0.29, 0.717) is 11.4 Å². The number of nitrogens with zero attached hydrogens (tertiary/aromatic N) is 1. The Hall–Kier alpha value is -3.47. The van der Waals surface area contributed by atoms with Crippen molar-refractivity contribution in [3.8, 4) is 17.6 Å². The van der Waals surface area contributed by atoms with Gasteiger partial charge in [0.1, 0.15) is 17.6 Å². The number of amides is 1. The first-order chi connectivity index (χ1) is 12.9. The molecule has 2 rings (SSSR count). The predicted molar refractivity (Wildman–Crippen MR) is 93.2 cm³/mol. The molecule has 140 valence electrons. The second-order valence-corrected chi connectivity index (χ2v) is 5.27. The Kier molecular flexibility index (Phi) is 6.83. The average molecular weight is 376 g/mol. The Morgan fingerprint density at radius 1 is 1.11 bits per heavy atom. The summed E-state index contributed by atoms with van der Waals surface area (Å²) in [6.45, 7) is -1.46. The van der Waals surface area contributed by atoms with E-state index in [1.165, 1.54) is 30.3 Å². The molecular formula is C19H15F3N2O3. The van der Waals surface area contributed by atoms with Gasteiger partial charge in [-0.3, -0.25) is 4.79 Å². The van der Waals surface area contributed by atoms with E-state index in [9.17, 15) is 18.0 Å². The van der Waals surface area contributed by atoms with Crippen LogP contribution in [0.4, 0.5) is 18.9 Å². The molecule has 27 heavy (non-hydrogen) atoms. The Morgan fingerprint density at radius 2 is 1.85 bits per heavy atom. The number of hydrogen-bond acceptors (Lipinski definition) is 4. The lowest BCUT2D eigenvalue weighted by atomic mass is 10.2. The third kappa shape index (κ3) is 7.52. The van der Waals surface area contributed by atoms with Gasteiger partial charge in [0.05, 0.1) is 0 Å². The van der Waals surface area contributed by atoms with Gasteiger partial charge in [0.15, 0.2) is 13.2 Å². The number of carbonyl (C=O) groups is 1. The van der Waals surface area contributed by atoms with Crippen molar-refractivity contribution in [2.24, 2.45) is 0 Å². The molecule has 0 heterocycles. The number of nitriles is 1. The van der Waals surface area contributed by atoms with Gasteiger partial charge in [0, 0.05) is 17.8 Å². The fourth-order valence-corrected chi connectivity index (χ4v) is 1.98. The van der Waals surface area contributed by atoms with Crippen molar-refractivity contribution < 1.29 is 27.4 Å². The number of hydrogen-bond donors (Lipinski definition) is 1. The average Bonchev–Trinajstić information content (AvgIpc) is 2.64. The minimum Gasteiger partial charge on any atom is -0.484 e. The summed E-state index contributed by atoms with van der Waals surface area (Å²) < 4.78 is 46.3. The molecule has 8 heteroatoms. The van der Waals surface area contributed by atoms with Crippen molar-refractivity contribution in [2.75, 3.05) is 18.5 Å². The van der Waals surface area contributed by atoms with Crippen molar-refractivity contribution >= 4 is 17.7 Å². The van der Waals surface area contributed by atoms with Gasteiger partial charge in [-0.1, -0.05) is 18.2 Å². The van der Waals surface area contributed by atoms with E-state index in [0.717, 1.165) is 5.56 Å². The van der Waals surface area contributed by atoms with Crippen LogP contribution >= 0.6 is 0 Å². The first kappa shape index (κ1) is 19.8. The highest BCUT2D eigenvalue weighted by Crippen LogP contribution is 2.21. The van der Waals surface area contributed by atoms with Gasteiger partial charge in [0.2, 0.25) is 5.91 Å². The highest BCUT2D eigenvalue weighted by atomic mass is 19.4. The van der Waals surface area contributed by atoms with Crippen molar-refractivity contribution in [3.05, 3.63) is 60.2 Å². The molecule has 0 radical (unpaired) electrons. The van der Waals surface area contributed by atoms with Crippen LogP contribution in [0.5, 0.6) is 11.5 Å². The molecule has 1 amide bonds. The molecule has 0 aromatic heterocycles. The van der Waals surface area contributed by atoms with Crippen molar-refractivity contribution in [3.63, 3.8) is 0 Å². The van der Waals surface area contributed by atoms with Gasteiger partial charge >= 0.3 is 6.18 Å². The third-order valence-electron chi connectivity index (χ3n) is 3.11. The monoisotopic (exact) mass is 376 g/mol. The maximum Gasteiger partial charge on any atom is 0.422 e. The van der Waals surface area contributed by atoms with E-state index in [1.54, 1.807) is 30.3 Å². The number of benzene rings is 2. The molecule has 2 aromatic carbocycles. The summed E-state index contributed by atoms with van der Waals surface area (Å²) in [5.74, 6) is 0.0867. The number of ether oxygens (including phenoxy) is 2. The van der Waals surface area contributed by atoms with E-state index in [4.69, 9.17) is 10.00 Å². The van der Waals surface area contributed by atoms with Gasteiger partial charge in [0.25, 0.3) is 0 Å². The molecule has 0 aliphatic carbocycles. The molecule has 0 spiro atoms. The molecule has 2 aromatic rings. The molecule has 1 N–H and O–H groups in total. The quantitative estimate of drug-likeness (QED) is 0.736. The van der Waals surface area contributed by atoms with E-state index in [-0.39, 0.29) is 12.4 Å². The summed E-state index contributed by atoms with van der Waals surface area (Å²) in [5.41, 5.74) is 1.04. The number of rotatable bonds is 7. The Bertz CT molecular complexity index is 841. The molecule has 0 fully saturated rings. The molecule has 0 aliphatic rings. The van der Waals surface area contributed by atoms with Gasteiger partial charge in [-0.2, -0.15) is 18.4 Å². The molecular weight excluding hydrogens is 361 g/mol. The van der Waals surface area contributed by atoms with Gasteiger partial charge in [-0.05, 0) is 35.9 Å². The predicted octanol–water partition coefficient (Wildman–Crippen LogP) is 4.18. The van der Waals surface area contributed by atoms with E-state index in [2.05, 4.69) is 10.1 Å². The lowest BCUT2D eigenvalue weighted by Crippen LogP contribution is -2.19. The standard InChI is InChI=1S/C19H15F3N2O3/c20-19(21,22)13-27-17-3-1-2-15(12-17)24-18(25)9-6-14-4-7-16(8-5-14)26-11-10-23/h1-9,12H,11,13H2,(H,24,25)/b9-6+. The SMILES string of the molecule is N#CCOc1ccc(/C=C/C(=O)Nc2cccc(OCC(F)(F)F)c2)cc1. The van der Waals surface area contributed by atoms with Crippen LogP contribution < -0.4 is 14.8 Å². The molecule has 5 nitrogen and oxygen atoms in total. The smallest absolute Gasteiger partial charge is 0.422 e. The van der Waals surface area contributed by atoms with Crippen LogP contribution in [0, 0.1) is 11.3 Å². The number of alkyl halides is 3. The summed E-state index contributed by atoms with van der Waals surface area (Å²) >= 11 is 0. The topological polar surface area (TPSA) is 71.3 Å². The summed E-state index contributed by atoms with van der Waals surface area (Å²) in [6, 6.07) is 14.3. The largest absolute Gasteiger partial charge is 0.484 e.